The van der Waals surface area contributed by atoms with Gasteiger partial charge in [-0.25, -0.2) is 13.2 Å². The Morgan fingerprint density at radius 2 is 2.11 bits per heavy atom. The number of aromatic carboxylic acids is 1. The van der Waals surface area contributed by atoms with Crippen molar-refractivity contribution in [1.82, 2.24) is 0 Å². The molecule has 0 heterocycles. The number of benzene rings is 1. The molecule has 0 fully saturated rings. The number of sulfone groups is 1. The first-order valence-corrected chi connectivity index (χ1v) is 7.57. The molecule has 1 aromatic rings. The SMILES string of the molecule is CS(=O)(=O)CCCOc1c(Cl)cccc1C(=O)O. The minimum Gasteiger partial charge on any atom is -0.491 e. The third-order valence-corrected chi connectivity index (χ3v) is 3.43. The molecule has 0 amide bonds. The largest absolute Gasteiger partial charge is 0.491 e. The van der Waals surface area contributed by atoms with E-state index >= 15 is 0 Å². The average Bonchev–Trinajstić information content (AvgIpc) is 2.24. The summed E-state index contributed by atoms with van der Waals surface area (Å²) in [4.78, 5) is 10.9. The standard InChI is InChI=1S/C11H13ClO5S/c1-18(15,16)7-3-6-17-10-8(11(13)14)4-2-5-9(10)12/h2,4-5H,3,6-7H2,1H3,(H,13,14). The van der Waals surface area contributed by atoms with E-state index in [-0.39, 0.29) is 35.1 Å². The number of rotatable bonds is 6. The van der Waals surface area contributed by atoms with Crippen LogP contribution in [-0.2, 0) is 9.84 Å². The Hall–Kier alpha value is -1.27. The van der Waals surface area contributed by atoms with Crippen molar-refractivity contribution in [2.24, 2.45) is 0 Å². The fourth-order valence-electron chi connectivity index (χ4n) is 1.32. The Bertz CT molecular complexity index is 538. The van der Waals surface area contributed by atoms with Gasteiger partial charge in [0, 0.05) is 6.26 Å². The van der Waals surface area contributed by atoms with Crippen LogP contribution in [0.15, 0.2) is 18.2 Å². The second-order valence-corrected chi connectivity index (χ2v) is 6.42. The second kappa shape index (κ2) is 6.06. The summed E-state index contributed by atoms with van der Waals surface area (Å²) in [7, 11) is -3.04. The fraction of sp³-hybridized carbons (Fsp3) is 0.364. The molecule has 0 bridgehead atoms. The Balaban J connectivity index is 2.70. The van der Waals surface area contributed by atoms with Crippen LogP contribution >= 0.6 is 11.6 Å². The van der Waals surface area contributed by atoms with E-state index in [4.69, 9.17) is 21.4 Å². The van der Waals surface area contributed by atoms with Gasteiger partial charge in [0.2, 0.25) is 0 Å². The van der Waals surface area contributed by atoms with E-state index in [9.17, 15) is 13.2 Å². The zero-order valence-electron chi connectivity index (χ0n) is 9.72. The van der Waals surface area contributed by atoms with Gasteiger partial charge in [-0.1, -0.05) is 17.7 Å². The van der Waals surface area contributed by atoms with Crippen molar-refractivity contribution in [2.75, 3.05) is 18.6 Å². The van der Waals surface area contributed by atoms with Gasteiger partial charge in [0.25, 0.3) is 0 Å². The molecule has 18 heavy (non-hydrogen) atoms. The molecule has 0 aliphatic heterocycles. The first-order valence-electron chi connectivity index (χ1n) is 5.13. The maximum Gasteiger partial charge on any atom is 0.339 e. The first kappa shape index (κ1) is 14.8. The first-order chi connectivity index (χ1) is 8.31. The van der Waals surface area contributed by atoms with E-state index < -0.39 is 15.8 Å². The van der Waals surface area contributed by atoms with E-state index in [0.717, 1.165) is 6.26 Å². The molecule has 0 aliphatic carbocycles. The lowest BCUT2D eigenvalue weighted by Crippen LogP contribution is -2.10. The van der Waals surface area contributed by atoms with Crippen LogP contribution in [0.1, 0.15) is 16.8 Å². The molecule has 1 rings (SSSR count). The van der Waals surface area contributed by atoms with Crippen molar-refractivity contribution < 1.29 is 23.1 Å². The van der Waals surface area contributed by atoms with Crippen molar-refractivity contribution >= 4 is 27.4 Å². The van der Waals surface area contributed by atoms with Gasteiger partial charge in [0.15, 0.2) is 5.75 Å². The summed E-state index contributed by atoms with van der Waals surface area (Å²) in [6.45, 7) is 0.0943. The quantitative estimate of drug-likeness (QED) is 0.809. The van der Waals surface area contributed by atoms with Gasteiger partial charge in [-0.2, -0.15) is 0 Å². The molecule has 5 nitrogen and oxygen atoms in total. The maximum absolute atomic E-state index is 10.9. The number of para-hydroxylation sites is 1. The van der Waals surface area contributed by atoms with E-state index in [1.807, 2.05) is 0 Å². The van der Waals surface area contributed by atoms with Crippen molar-refractivity contribution in [1.29, 1.82) is 0 Å². The van der Waals surface area contributed by atoms with E-state index in [1.165, 1.54) is 18.2 Å². The molecule has 0 unspecified atom stereocenters. The molecule has 100 valence electrons. The summed E-state index contributed by atoms with van der Waals surface area (Å²) < 4.78 is 27.1. The van der Waals surface area contributed by atoms with Crippen LogP contribution in [0.25, 0.3) is 0 Å². The lowest BCUT2D eigenvalue weighted by Gasteiger charge is -2.10. The fourth-order valence-corrected chi connectivity index (χ4v) is 2.19. The van der Waals surface area contributed by atoms with Gasteiger partial charge < -0.3 is 9.84 Å². The average molecular weight is 293 g/mol. The molecular weight excluding hydrogens is 280 g/mol. The Morgan fingerprint density at radius 1 is 1.44 bits per heavy atom. The molecule has 0 spiro atoms. The summed E-state index contributed by atoms with van der Waals surface area (Å²) in [5, 5.41) is 9.13. The van der Waals surface area contributed by atoms with Crippen LogP contribution < -0.4 is 4.74 Å². The number of carbonyl (C=O) groups is 1. The van der Waals surface area contributed by atoms with Gasteiger partial charge in [-0.05, 0) is 18.6 Å². The molecule has 7 heteroatoms. The Labute approximate surface area is 110 Å². The number of ether oxygens (including phenoxy) is 1. The second-order valence-electron chi connectivity index (χ2n) is 3.75. The minimum absolute atomic E-state index is 0.0140. The van der Waals surface area contributed by atoms with E-state index in [2.05, 4.69) is 0 Å². The van der Waals surface area contributed by atoms with Crippen molar-refractivity contribution in [3.8, 4) is 5.75 Å². The van der Waals surface area contributed by atoms with Crippen LogP contribution in [0.4, 0.5) is 0 Å². The van der Waals surface area contributed by atoms with Gasteiger partial charge in [-0.15, -0.1) is 0 Å². The molecule has 0 aliphatic rings. The van der Waals surface area contributed by atoms with Crippen LogP contribution in [-0.4, -0.2) is 38.1 Å². The molecule has 0 radical (unpaired) electrons. The number of carboxylic acids is 1. The summed E-state index contributed by atoms with van der Waals surface area (Å²) in [5.41, 5.74) is -0.0399. The predicted octanol–water partition coefficient (Wildman–Crippen LogP) is 1.85. The van der Waals surface area contributed by atoms with Crippen molar-refractivity contribution in [2.45, 2.75) is 6.42 Å². The van der Waals surface area contributed by atoms with Crippen LogP contribution in [0.2, 0.25) is 5.02 Å². The molecule has 0 saturated heterocycles. The highest BCUT2D eigenvalue weighted by Crippen LogP contribution is 2.28. The molecule has 1 N–H and O–H groups in total. The number of carboxylic acid groups (broad SMARTS) is 1. The lowest BCUT2D eigenvalue weighted by atomic mass is 10.2. The highest BCUT2D eigenvalue weighted by atomic mass is 35.5. The lowest BCUT2D eigenvalue weighted by molar-refractivity contribution is 0.0692. The van der Waals surface area contributed by atoms with Crippen LogP contribution in [0.5, 0.6) is 5.75 Å². The van der Waals surface area contributed by atoms with Gasteiger partial charge in [0.05, 0.1) is 17.4 Å². The van der Waals surface area contributed by atoms with Gasteiger partial charge >= 0.3 is 5.97 Å². The molecule has 1 aromatic carbocycles. The summed E-state index contributed by atoms with van der Waals surface area (Å²) in [6, 6.07) is 4.40. The number of hydrogen-bond donors (Lipinski definition) is 1. The molecule has 0 aromatic heterocycles. The van der Waals surface area contributed by atoms with Crippen molar-refractivity contribution in [3.05, 3.63) is 28.8 Å². The maximum atomic E-state index is 10.9. The normalized spacial score (nSPS) is 11.2. The van der Waals surface area contributed by atoms with E-state index in [1.54, 1.807) is 0 Å². The zero-order chi connectivity index (χ0) is 13.8. The highest BCUT2D eigenvalue weighted by Gasteiger charge is 2.14. The monoisotopic (exact) mass is 292 g/mol. The smallest absolute Gasteiger partial charge is 0.339 e. The Kier molecular flexibility index (Phi) is 4.98. The zero-order valence-corrected chi connectivity index (χ0v) is 11.3. The summed E-state index contributed by atoms with van der Waals surface area (Å²) >= 11 is 5.84. The number of hydrogen-bond acceptors (Lipinski definition) is 4. The summed E-state index contributed by atoms with van der Waals surface area (Å²) in [6.07, 6.45) is 1.41. The van der Waals surface area contributed by atoms with Crippen LogP contribution in [0, 0.1) is 0 Å². The number of halogens is 1. The molecular formula is C11H13ClO5S. The third kappa shape index (κ3) is 4.54. The van der Waals surface area contributed by atoms with Crippen molar-refractivity contribution in [3.63, 3.8) is 0 Å². The summed E-state index contributed by atoms with van der Waals surface area (Å²) in [5.74, 6) is -1.09. The topological polar surface area (TPSA) is 80.7 Å². The van der Waals surface area contributed by atoms with E-state index in [0.29, 0.717) is 0 Å². The molecule has 0 atom stereocenters. The third-order valence-electron chi connectivity index (χ3n) is 2.10. The van der Waals surface area contributed by atoms with Gasteiger partial charge in [0.1, 0.15) is 15.4 Å². The van der Waals surface area contributed by atoms with Crippen LogP contribution in [0.3, 0.4) is 0 Å². The highest BCUT2D eigenvalue weighted by molar-refractivity contribution is 7.90. The Morgan fingerprint density at radius 3 is 2.67 bits per heavy atom. The van der Waals surface area contributed by atoms with Gasteiger partial charge in [-0.3, -0.25) is 0 Å². The predicted molar refractivity (Wildman–Crippen MR) is 68.2 cm³/mol. The minimum atomic E-state index is -3.04. The molecule has 0 saturated carbocycles.